The van der Waals surface area contributed by atoms with Crippen molar-refractivity contribution >= 4 is 5.97 Å². The number of unbranched alkanes of at least 4 members (excludes halogenated alkanes) is 1. The maximum absolute atomic E-state index is 12.6. The Kier molecular flexibility index (Phi) is 9.84. The van der Waals surface area contributed by atoms with E-state index < -0.39 is 5.97 Å². The van der Waals surface area contributed by atoms with E-state index in [1.54, 1.807) is 0 Å². The molecule has 0 N–H and O–H groups in total. The second kappa shape index (κ2) is 11.3. The molecule has 0 fully saturated rings. The Labute approximate surface area is 166 Å². The summed E-state index contributed by atoms with van der Waals surface area (Å²) in [5, 5.41) is 9.66. The fourth-order valence-electron chi connectivity index (χ4n) is 3.84. The van der Waals surface area contributed by atoms with E-state index in [0.29, 0.717) is 18.4 Å². The monoisotopic (exact) mass is 373 g/mol. The van der Waals surface area contributed by atoms with Gasteiger partial charge in [-0.3, -0.25) is 0 Å². The third-order valence-corrected chi connectivity index (χ3v) is 5.69. The quantitative estimate of drug-likeness (QED) is 0.242. The van der Waals surface area contributed by atoms with Gasteiger partial charge in [0.05, 0.1) is 6.61 Å². The number of allylic oxidation sites excluding steroid dienone is 3. The van der Waals surface area contributed by atoms with Crippen molar-refractivity contribution in [1.29, 1.82) is 5.26 Å². The second-order valence-electron chi connectivity index (χ2n) is 9.06. The van der Waals surface area contributed by atoms with Crippen molar-refractivity contribution in [2.75, 3.05) is 6.61 Å². The summed E-state index contributed by atoms with van der Waals surface area (Å²) >= 11 is 0. The molecule has 0 saturated carbocycles. The molecule has 1 rings (SSSR count). The van der Waals surface area contributed by atoms with E-state index in [-0.39, 0.29) is 11.0 Å². The van der Waals surface area contributed by atoms with Crippen molar-refractivity contribution in [3.05, 3.63) is 22.8 Å². The molecule has 27 heavy (non-hydrogen) atoms. The number of nitrogens with zero attached hydrogens (tertiary/aromatic N) is 1. The summed E-state index contributed by atoms with van der Waals surface area (Å²) in [6, 6.07) is 2.14. The lowest BCUT2D eigenvalue weighted by molar-refractivity contribution is -0.140. The third kappa shape index (κ3) is 7.91. The van der Waals surface area contributed by atoms with Crippen molar-refractivity contribution in [2.45, 2.75) is 92.9 Å². The molecule has 0 amide bonds. The van der Waals surface area contributed by atoms with Crippen LogP contribution in [0.15, 0.2) is 22.8 Å². The number of carbonyl (C=O) groups is 1. The van der Waals surface area contributed by atoms with Crippen LogP contribution in [0.2, 0.25) is 0 Å². The number of hydrogen-bond acceptors (Lipinski definition) is 3. The van der Waals surface area contributed by atoms with Gasteiger partial charge in [-0.05, 0) is 48.5 Å². The highest BCUT2D eigenvalue weighted by molar-refractivity contribution is 5.94. The predicted octanol–water partition coefficient (Wildman–Crippen LogP) is 6.75. The first kappa shape index (κ1) is 23.5. The van der Waals surface area contributed by atoms with Crippen LogP contribution in [0.1, 0.15) is 92.9 Å². The normalized spacial score (nSPS) is 20.3. The molecular weight excluding hydrogens is 334 g/mol. The number of nitriles is 1. The molecule has 2 unspecified atom stereocenters. The van der Waals surface area contributed by atoms with Crippen molar-refractivity contribution < 1.29 is 9.53 Å². The molecule has 0 aromatic heterocycles. The van der Waals surface area contributed by atoms with E-state index in [0.717, 1.165) is 56.9 Å². The second-order valence-corrected chi connectivity index (χ2v) is 9.06. The van der Waals surface area contributed by atoms with Gasteiger partial charge < -0.3 is 4.74 Å². The van der Waals surface area contributed by atoms with E-state index in [2.05, 4.69) is 53.7 Å². The van der Waals surface area contributed by atoms with Crippen LogP contribution in [-0.2, 0) is 9.53 Å². The Morgan fingerprint density at radius 3 is 2.52 bits per heavy atom. The molecule has 0 radical (unpaired) electrons. The lowest BCUT2D eigenvalue weighted by Crippen LogP contribution is -2.21. The van der Waals surface area contributed by atoms with Crippen LogP contribution in [-0.4, -0.2) is 12.6 Å². The van der Waals surface area contributed by atoms with Crippen molar-refractivity contribution in [1.82, 2.24) is 0 Å². The number of ether oxygens (including phenoxy) is 1. The Balaban J connectivity index is 2.96. The average molecular weight is 374 g/mol. The summed E-state index contributed by atoms with van der Waals surface area (Å²) < 4.78 is 5.56. The van der Waals surface area contributed by atoms with Crippen LogP contribution >= 0.6 is 0 Å². The molecule has 3 nitrogen and oxygen atoms in total. The molecule has 3 heteroatoms. The van der Waals surface area contributed by atoms with Gasteiger partial charge in [0, 0.05) is 0 Å². The smallest absolute Gasteiger partial charge is 0.349 e. The summed E-state index contributed by atoms with van der Waals surface area (Å²) in [6.45, 7) is 13.6. The van der Waals surface area contributed by atoms with E-state index in [1.807, 2.05) is 0 Å². The van der Waals surface area contributed by atoms with Crippen LogP contribution in [0.3, 0.4) is 0 Å². The Bertz CT molecular complexity index is 592. The lowest BCUT2D eigenvalue weighted by atomic mass is 9.72. The zero-order valence-electron chi connectivity index (χ0n) is 18.4. The molecule has 1 aliphatic rings. The van der Waals surface area contributed by atoms with Gasteiger partial charge in [0.2, 0.25) is 0 Å². The van der Waals surface area contributed by atoms with Gasteiger partial charge in [-0.2, -0.15) is 5.26 Å². The zero-order chi connectivity index (χ0) is 20.4. The number of esters is 1. The van der Waals surface area contributed by atoms with Crippen LogP contribution < -0.4 is 0 Å². The third-order valence-electron chi connectivity index (χ3n) is 5.69. The first-order valence-corrected chi connectivity index (χ1v) is 10.8. The molecule has 152 valence electrons. The summed E-state index contributed by atoms with van der Waals surface area (Å²) in [5.74, 6) is 0.560. The van der Waals surface area contributed by atoms with Gasteiger partial charge >= 0.3 is 5.97 Å². The largest absolute Gasteiger partial charge is 0.461 e. The summed E-state index contributed by atoms with van der Waals surface area (Å²) in [5.41, 5.74) is 2.49. The average Bonchev–Trinajstić information content (AvgIpc) is 2.61. The summed E-state index contributed by atoms with van der Waals surface area (Å²) in [6.07, 6.45) is 10.4. The molecule has 1 aliphatic carbocycles. The highest BCUT2D eigenvalue weighted by atomic mass is 16.5. The molecule has 0 spiro atoms. The van der Waals surface area contributed by atoms with Crippen molar-refractivity contribution in [3.63, 3.8) is 0 Å². The molecule has 0 aliphatic heterocycles. The predicted molar refractivity (Wildman–Crippen MR) is 112 cm³/mol. The van der Waals surface area contributed by atoms with Gasteiger partial charge in [0.25, 0.3) is 0 Å². The first-order chi connectivity index (χ1) is 12.8. The lowest BCUT2D eigenvalue weighted by Gasteiger charge is -2.32. The van der Waals surface area contributed by atoms with Gasteiger partial charge in [-0.15, -0.1) is 0 Å². The maximum Gasteiger partial charge on any atom is 0.349 e. The van der Waals surface area contributed by atoms with Crippen molar-refractivity contribution in [2.24, 2.45) is 17.3 Å². The van der Waals surface area contributed by atoms with Gasteiger partial charge in [-0.25, -0.2) is 4.79 Å². The minimum absolute atomic E-state index is 0.0718. The SMILES string of the molecule is CCCCC(CC)COC(=O)/C(C#N)=C1\C=C(CC(C)CC)CC(C)(C)C1. The molecule has 0 saturated heterocycles. The summed E-state index contributed by atoms with van der Waals surface area (Å²) in [7, 11) is 0. The Morgan fingerprint density at radius 1 is 1.26 bits per heavy atom. The fraction of sp³-hybridized carbons (Fsp3) is 0.750. The van der Waals surface area contributed by atoms with E-state index in [1.165, 1.54) is 5.57 Å². The molecule has 0 bridgehead atoms. The molecule has 2 atom stereocenters. The van der Waals surface area contributed by atoms with Crippen LogP contribution in [0.4, 0.5) is 0 Å². The molecule has 0 aromatic rings. The standard InChI is InChI=1S/C24H39NO2/c1-7-10-11-19(9-3)17-27-23(26)22(16-25)21-13-20(12-18(4)8-2)14-24(5,6)15-21/h13,18-19H,7-12,14-15,17H2,1-6H3/b22-21+. The number of hydrogen-bond donors (Lipinski definition) is 0. The van der Waals surface area contributed by atoms with Gasteiger partial charge in [0.1, 0.15) is 11.6 Å². The molecule has 0 heterocycles. The van der Waals surface area contributed by atoms with E-state index in [4.69, 9.17) is 4.74 Å². The minimum atomic E-state index is -0.445. The van der Waals surface area contributed by atoms with Crippen LogP contribution in [0.25, 0.3) is 0 Å². The number of rotatable bonds is 10. The molecular formula is C24H39NO2. The summed E-state index contributed by atoms with van der Waals surface area (Å²) in [4.78, 5) is 12.6. The zero-order valence-corrected chi connectivity index (χ0v) is 18.4. The Morgan fingerprint density at radius 2 is 1.96 bits per heavy atom. The van der Waals surface area contributed by atoms with Crippen LogP contribution in [0, 0.1) is 28.6 Å². The maximum atomic E-state index is 12.6. The fourth-order valence-corrected chi connectivity index (χ4v) is 3.84. The topological polar surface area (TPSA) is 50.1 Å². The first-order valence-electron chi connectivity index (χ1n) is 10.8. The minimum Gasteiger partial charge on any atom is -0.461 e. The van der Waals surface area contributed by atoms with Gasteiger partial charge in [0.15, 0.2) is 0 Å². The number of carbonyl (C=O) groups excluding carboxylic acids is 1. The highest BCUT2D eigenvalue weighted by Crippen LogP contribution is 2.41. The Hall–Kier alpha value is -1.56. The highest BCUT2D eigenvalue weighted by Gasteiger charge is 2.29. The molecule has 0 aromatic carbocycles. The van der Waals surface area contributed by atoms with Gasteiger partial charge in [-0.1, -0.05) is 78.9 Å². The van der Waals surface area contributed by atoms with Crippen molar-refractivity contribution in [3.8, 4) is 6.07 Å². The van der Waals surface area contributed by atoms with E-state index in [9.17, 15) is 10.1 Å². The van der Waals surface area contributed by atoms with E-state index >= 15 is 0 Å². The van der Waals surface area contributed by atoms with Crippen LogP contribution in [0.5, 0.6) is 0 Å².